The summed E-state index contributed by atoms with van der Waals surface area (Å²) >= 11 is 1.59. The van der Waals surface area contributed by atoms with Gasteiger partial charge in [0.1, 0.15) is 5.52 Å². The molecule has 1 aromatic carbocycles. The van der Waals surface area contributed by atoms with Crippen molar-refractivity contribution in [3.8, 4) is 10.7 Å². The van der Waals surface area contributed by atoms with E-state index in [-0.39, 0.29) is 5.91 Å². The summed E-state index contributed by atoms with van der Waals surface area (Å²) in [5.74, 6) is 0.536. The molecule has 2 N–H and O–H groups in total. The molecule has 0 atom stereocenters. The number of aryl methyl sites for hydroxylation is 2. The molecule has 3 heterocycles. The number of benzene rings is 1. The fourth-order valence-corrected chi connectivity index (χ4v) is 3.57. The molecular weight excluding hydrogens is 334 g/mol. The molecule has 0 spiro atoms. The van der Waals surface area contributed by atoms with Crippen molar-refractivity contribution in [3.05, 3.63) is 59.0 Å². The monoisotopic (exact) mass is 349 g/mol. The zero-order valence-corrected chi connectivity index (χ0v) is 14.5. The topological polar surface area (TPSA) is 83.6 Å². The lowest BCUT2D eigenvalue weighted by molar-refractivity contribution is 0.102. The molecule has 0 aliphatic heterocycles. The van der Waals surface area contributed by atoms with Crippen LogP contribution in [0.15, 0.2) is 42.7 Å². The Labute approximate surface area is 148 Å². The predicted molar refractivity (Wildman–Crippen MR) is 98.9 cm³/mol. The molecule has 0 saturated carbocycles. The number of thiazole rings is 1. The van der Waals surface area contributed by atoms with Crippen LogP contribution < -0.4 is 5.32 Å². The molecule has 1 amide bonds. The largest absolute Gasteiger partial charge is 0.337 e. The standard InChI is InChI=1S/C18H15N5OS/c1-10-16(25-11(2)20-10)17-22-14-5-3-4-13(15(14)23-17)18(24)21-12-6-8-19-9-7-12/h3-9H,1-2H3,(H,22,23)(H,19,21,24). The van der Waals surface area contributed by atoms with Gasteiger partial charge in [-0.3, -0.25) is 9.78 Å². The molecule has 4 rings (SSSR count). The first-order valence-corrected chi connectivity index (χ1v) is 8.58. The number of anilines is 1. The van der Waals surface area contributed by atoms with Crippen molar-refractivity contribution in [2.45, 2.75) is 13.8 Å². The number of para-hydroxylation sites is 1. The summed E-state index contributed by atoms with van der Waals surface area (Å²) in [5.41, 5.74) is 3.62. The summed E-state index contributed by atoms with van der Waals surface area (Å²) in [6, 6.07) is 9.03. The van der Waals surface area contributed by atoms with Gasteiger partial charge in [0.05, 0.1) is 26.7 Å². The van der Waals surface area contributed by atoms with Gasteiger partial charge >= 0.3 is 0 Å². The minimum Gasteiger partial charge on any atom is -0.337 e. The van der Waals surface area contributed by atoms with Crippen LogP contribution in [0.5, 0.6) is 0 Å². The van der Waals surface area contributed by atoms with Crippen molar-refractivity contribution in [1.82, 2.24) is 19.9 Å². The SMILES string of the molecule is Cc1nc(C)c(-c2nc3c(C(=O)Nc4ccncc4)cccc3[nH]2)s1. The van der Waals surface area contributed by atoms with Crippen molar-refractivity contribution in [1.29, 1.82) is 0 Å². The third-order valence-electron chi connectivity index (χ3n) is 3.81. The molecular formula is C18H15N5OS. The van der Waals surface area contributed by atoms with Crippen LogP contribution >= 0.6 is 11.3 Å². The number of nitrogens with zero attached hydrogens (tertiary/aromatic N) is 3. The van der Waals surface area contributed by atoms with E-state index in [9.17, 15) is 4.79 Å². The number of amides is 1. The van der Waals surface area contributed by atoms with Crippen LogP contribution in [-0.2, 0) is 0 Å². The highest BCUT2D eigenvalue weighted by molar-refractivity contribution is 7.15. The molecule has 0 fully saturated rings. The second-order valence-electron chi connectivity index (χ2n) is 5.62. The molecule has 0 bridgehead atoms. The van der Waals surface area contributed by atoms with Crippen molar-refractivity contribution in [3.63, 3.8) is 0 Å². The molecule has 25 heavy (non-hydrogen) atoms. The number of nitrogens with one attached hydrogen (secondary N) is 2. The molecule has 7 heteroatoms. The van der Waals surface area contributed by atoms with Gasteiger partial charge in [0, 0.05) is 18.1 Å². The molecule has 0 aliphatic rings. The number of carbonyl (C=O) groups is 1. The van der Waals surface area contributed by atoms with Crippen LogP contribution in [0.1, 0.15) is 21.1 Å². The average Bonchev–Trinajstić information content (AvgIpc) is 3.17. The molecule has 0 radical (unpaired) electrons. The Morgan fingerprint density at radius 2 is 1.92 bits per heavy atom. The van der Waals surface area contributed by atoms with E-state index in [4.69, 9.17) is 0 Å². The summed E-state index contributed by atoms with van der Waals surface area (Å²) in [5, 5.41) is 3.86. The van der Waals surface area contributed by atoms with E-state index in [1.165, 1.54) is 0 Å². The summed E-state index contributed by atoms with van der Waals surface area (Å²) < 4.78 is 0. The van der Waals surface area contributed by atoms with Crippen LogP contribution in [0.4, 0.5) is 5.69 Å². The molecule has 4 aromatic rings. The predicted octanol–water partition coefficient (Wildman–Crippen LogP) is 3.95. The minimum absolute atomic E-state index is 0.202. The molecule has 3 aromatic heterocycles. The van der Waals surface area contributed by atoms with Crippen molar-refractivity contribution >= 4 is 34.0 Å². The number of pyridine rings is 1. The summed E-state index contributed by atoms with van der Waals surface area (Å²) in [6.45, 7) is 3.93. The number of imidazole rings is 1. The lowest BCUT2D eigenvalue weighted by atomic mass is 10.1. The van der Waals surface area contributed by atoms with Gasteiger partial charge in [-0.2, -0.15) is 0 Å². The Bertz CT molecular complexity index is 1070. The van der Waals surface area contributed by atoms with Crippen molar-refractivity contribution in [2.24, 2.45) is 0 Å². The lowest BCUT2D eigenvalue weighted by Crippen LogP contribution is -2.12. The highest BCUT2D eigenvalue weighted by Gasteiger charge is 2.17. The fourth-order valence-electron chi connectivity index (χ4n) is 2.71. The van der Waals surface area contributed by atoms with E-state index >= 15 is 0 Å². The zero-order valence-electron chi connectivity index (χ0n) is 13.7. The van der Waals surface area contributed by atoms with Crippen LogP contribution in [0, 0.1) is 13.8 Å². The van der Waals surface area contributed by atoms with E-state index in [0.29, 0.717) is 16.8 Å². The number of aromatic amines is 1. The van der Waals surface area contributed by atoms with Gasteiger partial charge in [-0.1, -0.05) is 6.07 Å². The Morgan fingerprint density at radius 1 is 1.12 bits per heavy atom. The van der Waals surface area contributed by atoms with Gasteiger partial charge in [-0.25, -0.2) is 9.97 Å². The van der Waals surface area contributed by atoms with Gasteiger partial charge in [-0.15, -0.1) is 11.3 Å². The molecule has 0 unspecified atom stereocenters. The van der Waals surface area contributed by atoms with E-state index in [1.54, 1.807) is 41.9 Å². The molecule has 124 valence electrons. The first kappa shape index (κ1) is 15.5. The first-order chi connectivity index (χ1) is 12.1. The van der Waals surface area contributed by atoms with Crippen molar-refractivity contribution in [2.75, 3.05) is 5.32 Å². The average molecular weight is 349 g/mol. The first-order valence-electron chi connectivity index (χ1n) is 7.76. The number of hydrogen-bond donors (Lipinski definition) is 2. The third-order valence-corrected chi connectivity index (χ3v) is 4.89. The Balaban J connectivity index is 1.75. The zero-order chi connectivity index (χ0) is 17.4. The van der Waals surface area contributed by atoms with E-state index in [2.05, 4.69) is 25.3 Å². The fraction of sp³-hybridized carbons (Fsp3) is 0.111. The number of fused-ring (bicyclic) bond motifs is 1. The smallest absolute Gasteiger partial charge is 0.257 e. The second kappa shape index (κ2) is 6.10. The minimum atomic E-state index is -0.202. The maximum absolute atomic E-state index is 12.6. The van der Waals surface area contributed by atoms with E-state index in [1.807, 2.05) is 26.0 Å². The lowest BCUT2D eigenvalue weighted by Gasteiger charge is -2.05. The third kappa shape index (κ3) is 2.89. The summed E-state index contributed by atoms with van der Waals surface area (Å²) in [7, 11) is 0. The Kier molecular flexibility index (Phi) is 3.77. The number of aromatic nitrogens is 4. The van der Waals surface area contributed by atoms with Crippen LogP contribution in [0.3, 0.4) is 0 Å². The number of H-pyrrole nitrogens is 1. The van der Waals surface area contributed by atoms with Crippen LogP contribution in [0.25, 0.3) is 21.7 Å². The second-order valence-corrected chi connectivity index (χ2v) is 6.83. The number of rotatable bonds is 3. The van der Waals surface area contributed by atoms with Crippen LogP contribution in [-0.4, -0.2) is 25.8 Å². The molecule has 0 aliphatic carbocycles. The maximum Gasteiger partial charge on any atom is 0.257 e. The van der Waals surface area contributed by atoms with Gasteiger partial charge in [-0.05, 0) is 38.1 Å². The number of carbonyl (C=O) groups excluding carboxylic acids is 1. The normalized spacial score (nSPS) is 11.0. The Hall–Kier alpha value is -3.06. The van der Waals surface area contributed by atoms with E-state index < -0.39 is 0 Å². The van der Waals surface area contributed by atoms with E-state index in [0.717, 1.165) is 26.9 Å². The maximum atomic E-state index is 12.6. The van der Waals surface area contributed by atoms with Gasteiger partial charge in [0.25, 0.3) is 5.91 Å². The number of hydrogen-bond acceptors (Lipinski definition) is 5. The molecule has 0 saturated heterocycles. The van der Waals surface area contributed by atoms with Crippen molar-refractivity contribution < 1.29 is 4.79 Å². The quantitative estimate of drug-likeness (QED) is 0.586. The van der Waals surface area contributed by atoms with Gasteiger partial charge in [0.2, 0.25) is 0 Å². The summed E-state index contributed by atoms with van der Waals surface area (Å²) in [6.07, 6.45) is 3.27. The van der Waals surface area contributed by atoms with Gasteiger partial charge in [0.15, 0.2) is 5.82 Å². The molecule has 6 nitrogen and oxygen atoms in total. The van der Waals surface area contributed by atoms with Crippen LogP contribution in [0.2, 0.25) is 0 Å². The highest BCUT2D eigenvalue weighted by Crippen LogP contribution is 2.30. The summed E-state index contributed by atoms with van der Waals surface area (Å²) in [4.78, 5) is 30.0. The highest BCUT2D eigenvalue weighted by atomic mass is 32.1. The van der Waals surface area contributed by atoms with Gasteiger partial charge < -0.3 is 10.3 Å². The Morgan fingerprint density at radius 3 is 2.64 bits per heavy atom.